The maximum Gasteiger partial charge on any atom is 0.290 e. The van der Waals surface area contributed by atoms with Gasteiger partial charge in [0.25, 0.3) is 5.91 Å². The Labute approximate surface area is 175 Å². The zero-order valence-electron chi connectivity index (χ0n) is 17.6. The van der Waals surface area contributed by atoms with E-state index in [-0.39, 0.29) is 11.3 Å². The van der Waals surface area contributed by atoms with Crippen molar-refractivity contribution in [2.45, 2.75) is 12.5 Å². The van der Waals surface area contributed by atoms with Crippen LogP contribution in [0.3, 0.4) is 0 Å². The Morgan fingerprint density at radius 1 is 1.20 bits per heavy atom. The molecule has 0 radical (unpaired) electrons. The number of benzene rings is 1. The number of ketones is 1. The van der Waals surface area contributed by atoms with Crippen molar-refractivity contribution in [2.75, 3.05) is 41.4 Å². The highest BCUT2D eigenvalue weighted by Crippen LogP contribution is 2.45. The van der Waals surface area contributed by atoms with Crippen molar-refractivity contribution >= 4 is 11.7 Å². The van der Waals surface area contributed by atoms with Gasteiger partial charge in [-0.25, -0.2) is 0 Å². The van der Waals surface area contributed by atoms with Gasteiger partial charge < -0.3 is 28.8 Å². The molecule has 0 saturated heterocycles. The maximum absolute atomic E-state index is 13.2. The van der Waals surface area contributed by atoms with Gasteiger partial charge in [-0.3, -0.25) is 9.59 Å². The van der Waals surface area contributed by atoms with Crippen molar-refractivity contribution in [3.63, 3.8) is 0 Å². The molecule has 8 heteroatoms. The van der Waals surface area contributed by atoms with Crippen LogP contribution in [0.15, 0.2) is 52.3 Å². The summed E-state index contributed by atoms with van der Waals surface area (Å²) in [6, 6.07) is 7.52. The summed E-state index contributed by atoms with van der Waals surface area (Å²) in [7, 11) is 7.06. The summed E-state index contributed by atoms with van der Waals surface area (Å²) in [4.78, 5) is 28.9. The Balaban J connectivity index is 2.11. The average molecular weight is 415 g/mol. The van der Waals surface area contributed by atoms with Crippen LogP contribution in [0, 0.1) is 0 Å². The van der Waals surface area contributed by atoms with E-state index >= 15 is 0 Å². The second kappa shape index (κ2) is 9.04. The van der Waals surface area contributed by atoms with E-state index in [2.05, 4.69) is 0 Å². The summed E-state index contributed by atoms with van der Waals surface area (Å²) >= 11 is 0. The molecule has 3 rings (SSSR count). The van der Waals surface area contributed by atoms with Crippen molar-refractivity contribution < 1.29 is 33.5 Å². The fourth-order valence-electron chi connectivity index (χ4n) is 3.71. The van der Waals surface area contributed by atoms with Crippen LogP contribution in [-0.4, -0.2) is 63.1 Å². The third-order valence-corrected chi connectivity index (χ3v) is 5.10. The van der Waals surface area contributed by atoms with Crippen molar-refractivity contribution in [3.05, 3.63) is 59.3 Å². The minimum Gasteiger partial charge on any atom is -0.503 e. The second-order valence-corrected chi connectivity index (χ2v) is 7.36. The molecule has 1 aliphatic heterocycles. The number of nitrogens with zero attached hydrogens (tertiary/aromatic N) is 1. The molecule has 2 N–H and O–H groups in total. The number of para-hydroxylation sites is 1. The van der Waals surface area contributed by atoms with Gasteiger partial charge in [-0.2, -0.15) is 0 Å². The SMILES string of the molecule is COc1cccc([C@@H]2C(C(=O)c3ccco3)=C(O)C(=O)N2CCC[NH+](C)C)c1OC. The summed E-state index contributed by atoms with van der Waals surface area (Å²) in [5.74, 6) is -0.772. The van der Waals surface area contributed by atoms with Crippen molar-refractivity contribution in [1.82, 2.24) is 4.90 Å². The summed E-state index contributed by atoms with van der Waals surface area (Å²) in [5.41, 5.74) is 0.528. The van der Waals surface area contributed by atoms with Crippen molar-refractivity contribution in [3.8, 4) is 11.5 Å². The van der Waals surface area contributed by atoms with E-state index in [4.69, 9.17) is 13.9 Å². The molecule has 1 aliphatic rings. The molecule has 160 valence electrons. The lowest BCUT2D eigenvalue weighted by atomic mass is 9.94. The normalized spacial score (nSPS) is 16.5. The molecule has 0 unspecified atom stereocenters. The number of quaternary nitrogens is 1. The highest BCUT2D eigenvalue weighted by atomic mass is 16.5. The lowest BCUT2D eigenvalue weighted by molar-refractivity contribution is -0.858. The molecule has 2 aromatic rings. The van der Waals surface area contributed by atoms with Crippen LogP contribution in [0.25, 0.3) is 0 Å². The minimum absolute atomic E-state index is 0.0290. The number of nitrogens with one attached hydrogen (secondary N) is 1. The number of aliphatic hydroxyl groups excluding tert-OH is 1. The quantitative estimate of drug-likeness (QED) is 0.602. The van der Waals surface area contributed by atoms with E-state index in [0.29, 0.717) is 30.0 Å². The van der Waals surface area contributed by atoms with Crippen LogP contribution in [-0.2, 0) is 4.79 Å². The second-order valence-electron chi connectivity index (χ2n) is 7.36. The number of ether oxygens (including phenoxy) is 2. The minimum atomic E-state index is -0.822. The van der Waals surface area contributed by atoms with E-state index in [1.807, 2.05) is 14.1 Å². The first kappa shape index (κ1) is 21.4. The predicted molar refractivity (Wildman–Crippen MR) is 109 cm³/mol. The van der Waals surface area contributed by atoms with Crippen LogP contribution in [0.2, 0.25) is 0 Å². The summed E-state index contributed by atoms with van der Waals surface area (Å²) < 4.78 is 16.2. The molecule has 0 aliphatic carbocycles. The van der Waals surface area contributed by atoms with E-state index in [0.717, 1.165) is 6.54 Å². The number of furan rings is 1. The number of Topliss-reactive ketones (excluding diaryl/α,β-unsaturated/α-hetero) is 1. The van der Waals surface area contributed by atoms with Crippen molar-refractivity contribution in [1.29, 1.82) is 0 Å². The van der Waals surface area contributed by atoms with Gasteiger partial charge in [0, 0.05) is 18.5 Å². The number of carbonyl (C=O) groups is 2. The van der Waals surface area contributed by atoms with Crippen LogP contribution >= 0.6 is 0 Å². The molecule has 0 saturated carbocycles. The van der Waals surface area contributed by atoms with Crippen LogP contribution in [0.5, 0.6) is 11.5 Å². The summed E-state index contributed by atoms with van der Waals surface area (Å²) in [6.07, 6.45) is 2.08. The monoisotopic (exact) mass is 415 g/mol. The molecule has 30 heavy (non-hydrogen) atoms. The molecule has 8 nitrogen and oxygen atoms in total. The average Bonchev–Trinajstić information content (AvgIpc) is 3.35. The zero-order chi connectivity index (χ0) is 21.8. The number of amides is 1. The number of methoxy groups -OCH3 is 2. The Kier molecular flexibility index (Phi) is 6.47. The van der Waals surface area contributed by atoms with Gasteiger partial charge in [0.2, 0.25) is 5.78 Å². The molecule has 0 fully saturated rings. The Hall–Kier alpha value is -3.26. The molecular formula is C22H27N2O6+. The molecule has 1 atom stereocenters. The first-order chi connectivity index (χ1) is 14.4. The first-order valence-electron chi connectivity index (χ1n) is 9.72. The van der Waals surface area contributed by atoms with Gasteiger partial charge >= 0.3 is 0 Å². The van der Waals surface area contributed by atoms with Crippen LogP contribution < -0.4 is 14.4 Å². The Bertz CT molecular complexity index is 949. The van der Waals surface area contributed by atoms with Gasteiger partial charge in [-0.1, -0.05) is 12.1 Å². The lowest BCUT2D eigenvalue weighted by Gasteiger charge is -2.28. The fraction of sp³-hybridized carbons (Fsp3) is 0.364. The molecule has 1 aromatic heterocycles. The van der Waals surface area contributed by atoms with Gasteiger partial charge in [0.15, 0.2) is 23.0 Å². The van der Waals surface area contributed by atoms with E-state index in [9.17, 15) is 14.7 Å². The molecule has 2 heterocycles. The Morgan fingerprint density at radius 2 is 1.97 bits per heavy atom. The first-order valence-corrected chi connectivity index (χ1v) is 9.72. The maximum atomic E-state index is 13.2. The van der Waals surface area contributed by atoms with E-state index in [1.54, 1.807) is 24.3 Å². The van der Waals surface area contributed by atoms with Crippen molar-refractivity contribution in [2.24, 2.45) is 0 Å². The number of hydrogen-bond acceptors (Lipinski definition) is 6. The smallest absolute Gasteiger partial charge is 0.290 e. The zero-order valence-corrected chi connectivity index (χ0v) is 17.6. The number of aliphatic hydroxyl groups is 1. The highest BCUT2D eigenvalue weighted by Gasteiger charge is 2.45. The van der Waals surface area contributed by atoms with Gasteiger partial charge in [0.05, 0.1) is 52.7 Å². The number of rotatable bonds is 9. The Morgan fingerprint density at radius 3 is 2.57 bits per heavy atom. The van der Waals surface area contributed by atoms with Gasteiger partial charge in [0.1, 0.15) is 0 Å². The molecule has 0 spiro atoms. The number of carbonyl (C=O) groups excluding carboxylic acids is 2. The molecule has 0 bridgehead atoms. The molecule has 1 amide bonds. The van der Waals surface area contributed by atoms with E-state index < -0.39 is 23.5 Å². The topological polar surface area (TPSA) is 93.7 Å². The summed E-state index contributed by atoms with van der Waals surface area (Å²) in [5, 5.41) is 10.7. The van der Waals surface area contributed by atoms with E-state index in [1.165, 1.54) is 36.3 Å². The predicted octanol–water partition coefficient (Wildman–Crippen LogP) is 1.41. The third kappa shape index (κ3) is 3.91. The van der Waals surface area contributed by atoms with Gasteiger partial charge in [-0.05, 0) is 18.2 Å². The largest absolute Gasteiger partial charge is 0.503 e. The standard InChI is InChI=1S/C22H26N2O6/c1-23(2)11-7-12-24-18(14-8-5-9-16(28-3)21(14)29-4)17(20(26)22(24)27)19(25)15-10-6-13-30-15/h5-6,8-10,13,18,26H,7,11-12H2,1-4H3/p+1/t18-/m1/s1. The highest BCUT2D eigenvalue weighted by molar-refractivity contribution is 6.15. The third-order valence-electron chi connectivity index (χ3n) is 5.10. The summed E-state index contributed by atoms with van der Waals surface area (Å²) in [6.45, 7) is 1.20. The number of hydrogen-bond donors (Lipinski definition) is 2. The van der Waals surface area contributed by atoms with Crippen LogP contribution in [0.4, 0.5) is 0 Å². The molecular weight excluding hydrogens is 388 g/mol. The fourth-order valence-corrected chi connectivity index (χ4v) is 3.71. The molecule has 1 aromatic carbocycles. The lowest BCUT2D eigenvalue weighted by Crippen LogP contribution is -3.05. The van der Waals surface area contributed by atoms with Gasteiger partial charge in [-0.15, -0.1) is 0 Å². The van der Waals surface area contributed by atoms with Crippen LogP contribution in [0.1, 0.15) is 28.6 Å².